The largest absolute Gasteiger partial charge is 0.482 e. The number of aryl methyl sites for hydroxylation is 2. The molecule has 0 aliphatic carbocycles. The van der Waals surface area contributed by atoms with Gasteiger partial charge in [-0.25, -0.2) is 8.42 Å². The molecule has 0 saturated heterocycles. The molecular weight excluding hydrogens is 408 g/mol. The molecule has 0 unspecified atom stereocenters. The van der Waals surface area contributed by atoms with Crippen LogP contribution in [0.3, 0.4) is 0 Å². The minimum absolute atomic E-state index is 0.0388. The molecular formula is C20H20N4O5S. The highest BCUT2D eigenvalue weighted by Gasteiger charge is 2.30. The van der Waals surface area contributed by atoms with Crippen LogP contribution in [0.25, 0.3) is 0 Å². The number of nitrogens with zero attached hydrogens (tertiary/aromatic N) is 4. The van der Waals surface area contributed by atoms with Crippen molar-refractivity contribution in [3.8, 4) is 5.75 Å². The van der Waals surface area contributed by atoms with Crippen molar-refractivity contribution in [3.63, 3.8) is 0 Å². The van der Waals surface area contributed by atoms with Gasteiger partial charge in [-0.1, -0.05) is 22.9 Å². The maximum absolute atomic E-state index is 13.2. The van der Waals surface area contributed by atoms with Gasteiger partial charge in [0.25, 0.3) is 15.9 Å². The smallest absolute Gasteiger partial charge is 0.265 e. The van der Waals surface area contributed by atoms with Gasteiger partial charge in [0.1, 0.15) is 5.75 Å². The van der Waals surface area contributed by atoms with Crippen LogP contribution in [0, 0.1) is 13.8 Å². The molecule has 3 aromatic rings. The van der Waals surface area contributed by atoms with Crippen molar-refractivity contribution < 1.29 is 22.5 Å². The maximum atomic E-state index is 13.2. The van der Waals surface area contributed by atoms with E-state index in [2.05, 4.69) is 10.1 Å². The molecule has 9 nitrogen and oxygen atoms in total. The molecule has 0 fully saturated rings. The van der Waals surface area contributed by atoms with Crippen LogP contribution in [0.1, 0.15) is 17.3 Å². The normalized spacial score (nSPS) is 13.7. The first kappa shape index (κ1) is 19.9. The zero-order valence-corrected chi connectivity index (χ0v) is 17.5. The van der Waals surface area contributed by atoms with Gasteiger partial charge in [-0.2, -0.15) is 4.98 Å². The number of benzene rings is 2. The molecule has 1 aliphatic heterocycles. The first-order chi connectivity index (χ1) is 14.3. The van der Waals surface area contributed by atoms with E-state index >= 15 is 0 Å². The molecule has 0 radical (unpaired) electrons. The van der Waals surface area contributed by atoms with Gasteiger partial charge < -0.3 is 9.26 Å². The quantitative estimate of drug-likeness (QED) is 0.614. The molecule has 2 aromatic carbocycles. The third-order valence-electron chi connectivity index (χ3n) is 4.80. The summed E-state index contributed by atoms with van der Waals surface area (Å²) in [6, 6.07) is 11.6. The number of sulfonamides is 1. The second-order valence-corrected chi connectivity index (χ2v) is 8.91. The Balaban J connectivity index is 1.71. The van der Waals surface area contributed by atoms with E-state index < -0.39 is 10.0 Å². The van der Waals surface area contributed by atoms with Crippen molar-refractivity contribution in [3.05, 3.63) is 59.7 Å². The third kappa shape index (κ3) is 3.61. The Morgan fingerprint density at radius 3 is 2.53 bits per heavy atom. The van der Waals surface area contributed by atoms with Crippen LogP contribution in [-0.4, -0.2) is 38.1 Å². The van der Waals surface area contributed by atoms with Crippen LogP contribution in [0.2, 0.25) is 0 Å². The van der Waals surface area contributed by atoms with Crippen molar-refractivity contribution in [2.75, 3.05) is 22.9 Å². The molecule has 4 rings (SSSR count). The Hall–Kier alpha value is -3.40. The molecule has 0 bridgehead atoms. The van der Waals surface area contributed by atoms with Gasteiger partial charge in [0.05, 0.1) is 22.8 Å². The van der Waals surface area contributed by atoms with Gasteiger partial charge in [-0.15, -0.1) is 0 Å². The maximum Gasteiger partial charge on any atom is 0.265 e. The molecule has 1 amide bonds. The second-order valence-electron chi connectivity index (χ2n) is 6.94. The summed E-state index contributed by atoms with van der Waals surface area (Å²) in [4.78, 5) is 18.0. The number of rotatable bonds is 5. The van der Waals surface area contributed by atoms with Crippen molar-refractivity contribution in [1.29, 1.82) is 0 Å². The number of anilines is 2. The Bertz CT molecular complexity index is 1200. The lowest BCUT2D eigenvalue weighted by Crippen LogP contribution is -2.38. The van der Waals surface area contributed by atoms with Gasteiger partial charge >= 0.3 is 0 Å². The fraction of sp³-hybridized carbons (Fsp3) is 0.250. The fourth-order valence-electron chi connectivity index (χ4n) is 3.11. The number of amides is 1. The fourth-order valence-corrected chi connectivity index (χ4v) is 4.33. The summed E-state index contributed by atoms with van der Waals surface area (Å²) in [6.45, 7) is 3.47. The van der Waals surface area contributed by atoms with E-state index in [0.717, 1.165) is 5.56 Å². The molecule has 2 heterocycles. The van der Waals surface area contributed by atoms with Gasteiger partial charge in [0, 0.05) is 14.0 Å². The number of ether oxygens (including phenoxy) is 1. The van der Waals surface area contributed by atoms with E-state index in [9.17, 15) is 13.2 Å². The Labute approximate surface area is 173 Å². The van der Waals surface area contributed by atoms with Crippen molar-refractivity contribution >= 4 is 27.3 Å². The summed E-state index contributed by atoms with van der Waals surface area (Å²) >= 11 is 0. The number of aromatic nitrogens is 2. The Morgan fingerprint density at radius 1 is 1.13 bits per heavy atom. The van der Waals surface area contributed by atoms with Gasteiger partial charge in [0.2, 0.25) is 5.89 Å². The first-order valence-electron chi connectivity index (χ1n) is 9.18. The molecule has 1 aromatic heterocycles. The zero-order valence-electron chi connectivity index (χ0n) is 16.7. The van der Waals surface area contributed by atoms with Crippen LogP contribution < -0.4 is 13.9 Å². The number of fused-ring (bicyclic) bond motifs is 1. The first-order valence-corrected chi connectivity index (χ1v) is 10.6. The number of carbonyl (C=O) groups is 1. The molecule has 0 spiro atoms. The minimum Gasteiger partial charge on any atom is -0.482 e. The van der Waals surface area contributed by atoms with Crippen LogP contribution in [0.4, 0.5) is 11.4 Å². The molecule has 0 atom stereocenters. The lowest BCUT2D eigenvalue weighted by molar-refractivity contribution is -0.121. The predicted molar refractivity (Wildman–Crippen MR) is 109 cm³/mol. The zero-order chi connectivity index (χ0) is 21.5. The monoisotopic (exact) mass is 428 g/mol. The standard InChI is InChI=1S/C20H20N4O5S/c1-13-4-6-15(7-5-13)23(3)30(26,27)16-8-9-18-17(10-16)24(20(25)12-28-18)11-19-21-14(2)29-22-19/h4-10H,11-12H2,1-3H3. The van der Waals surface area contributed by atoms with Crippen molar-refractivity contribution in [1.82, 2.24) is 10.1 Å². The minimum atomic E-state index is -3.86. The third-order valence-corrected chi connectivity index (χ3v) is 6.58. The van der Waals surface area contributed by atoms with Crippen LogP contribution >= 0.6 is 0 Å². The average molecular weight is 428 g/mol. The summed E-state index contributed by atoms with van der Waals surface area (Å²) in [5.74, 6) is 0.777. The molecule has 30 heavy (non-hydrogen) atoms. The van der Waals surface area contributed by atoms with Gasteiger partial charge in [-0.05, 0) is 37.3 Å². The molecule has 1 aliphatic rings. The van der Waals surface area contributed by atoms with Crippen LogP contribution in [0.5, 0.6) is 5.75 Å². The highest BCUT2D eigenvalue weighted by molar-refractivity contribution is 7.92. The van der Waals surface area contributed by atoms with Gasteiger partial charge in [0.15, 0.2) is 12.4 Å². The topological polar surface area (TPSA) is 106 Å². The Morgan fingerprint density at radius 2 is 1.87 bits per heavy atom. The SMILES string of the molecule is Cc1ccc(N(C)S(=O)(=O)c2ccc3c(c2)N(Cc2noc(C)n2)C(=O)CO3)cc1. The van der Waals surface area contributed by atoms with E-state index in [1.54, 1.807) is 25.1 Å². The van der Waals surface area contributed by atoms with Crippen molar-refractivity contribution in [2.45, 2.75) is 25.3 Å². The number of carbonyl (C=O) groups excluding carboxylic acids is 1. The molecule has 0 N–H and O–H groups in total. The predicted octanol–water partition coefficient (Wildman–Crippen LogP) is 2.44. The summed E-state index contributed by atoms with van der Waals surface area (Å²) < 4.78 is 38.0. The van der Waals surface area contributed by atoms with Crippen LogP contribution in [0.15, 0.2) is 51.9 Å². The lowest BCUT2D eigenvalue weighted by Gasteiger charge is -2.29. The molecule has 156 valence electrons. The highest BCUT2D eigenvalue weighted by Crippen LogP contribution is 2.36. The molecule has 10 heteroatoms. The van der Waals surface area contributed by atoms with E-state index in [0.29, 0.717) is 28.8 Å². The lowest BCUT2D eigenvalue weighted by atomic mass is 10.2. The molecule has 0 saturated carbocycles. The second kappa shape index (κ2) is 7.45. The average Bonchev–Trinajstić information content (AvgIpc) is 3.14. The van der Waals surface area contributed by atoms with E-state index in [4.69, 9.17) is 9.26 Å². The summed E-state index contributed by atoms with van der Waals surface area (Å²) in [5.41, 5.74) is 1.90. The Kier molecular flexibility index (Phi) is 4.94. The van der Waals surface area contributed by atoms with E-state index in [1.807, 2.05) is 19.1 Å². The number of hydrogen-bond acceptors (Lipinski definition) is 7. The van der Waals surface area contributed by atoms with E-state index in [-0.39, 0.29) is 24.0 Å². The van der Waals surface area contributed by atoms with Crippen molar-refractivity contribution in [2.24, 2.45) is 0 Å². The highest BCUT2D eigenvalue weighted by atomic mass is 32.2. The van der Waals surface area contributed by atoms with Gasteiger partial charge in [-0.3, -0.25) is 14.0 Å². The van der Waals surface area contributed by atoms with Crippen LogP contribution in [-0.2, 0) is 21.4 Å². The number of hydrogen-bond donors (Lipinski definition) is 0. The summed E-state index contributed by atoms with van der Waals surface area (Å²) in [7, 11) is -2.37. The van der Waals surface area contributed by atoms with E-state index in [1.165, 1.54) is 28.4 Å². The summed E-state index contributed by atoms with van der Waals surface area (Å²) in [6.07, 6.45) is 0. The summed E-state index contributed by atoms with van der Waals surface area (Å²) in [5, 5.41) is 3.82.